The number of anilines is 2. The first-order valence-electron chi connectivity index (χ1n) is 8.61. The van der Waals surface area contributed by atoms with Crippen molar-refractivity contribution >= 4 is 35.0 Å². The van der Waals surface area contributed by atoms with Crippen molar-refractivity contribution in [3.8, 4) is 0 Å². The molecular formula is C21H17N3O2S. The van der Waals surface area contributed by atoms with Gasteiger partial charge in [0, 0.05) is 40.0 Å². The summed E-state index contributed by atoms with van der Waals surface area (Å²) in [6, 6.07) is 16.6. The second-order valence-electron chi connectivity index (χ2n) is 6.02. The minimum absolute atomic E-state index is 0.00655. The Hall–Kier alpha value is -3.12. The van der Waals surface area contributed by atoms with Crippen LogP contribution >= 0.6 is 11.8 Å². The van der Waals surface area contributed by atoms with Gasteiger partial charge in [0.1, 0.15) is 0 Å². The highest BCUT2D eigenvalue weighted by atomic mass is 32.2. The number of rotatable bonds is 3. The number of nitrogens with zero attached hydrogens (tertiary/aromatic N) is 2. The summed E-state index contributed by atoms with van der Waals surface area (Å²) in [6.07, 6.45) is 3.17. The van der Waals surface area contributed by atoms with Crippen molar-refractivity contribution in [1.29, 1.82) is 0 Å². The Morgan fingerprint density at radius 1 is 1.07 bits per heavy atom. The standard InChI is InChI=1S/C21H17N3O2S/c1-2-24-17-8-7-15(23-20(25)14-9-11-22-12-10-14)13-19(17)27-18-6-4-3-5-16(18)21(24)26/h3-13H,2H2,1H3,(H,23,25). The van der Waals surface area contributed by atoms with Crippen molar-refractivity contribution < 1.29 is 9.59 Å². The molecule has 1 aliphatic rings. The van der Waals surface area contributed by atoms with Gasteiger partial charge in [-0.1, -0.05) is 23.9 Å². The number of benzene rings is 2. The Morgan fingerprint density at radius 3 is 2.63 bits per heavy atom. The first-order valence-corrected chi connectivity index (χ1v) is 9.43. The molecule has 3 aromatic rings. The molecule has 5 nitrogen and oxygen atoms in total. The van der Waals surface area contributed by atoms with E-state index in [0.29, 0.717) is 23.4 Å². The van der Waals surface area contributed by atoms with Crippen molar-refractivity contribution in [2.24, 2.45) is 0 Å². The molecule has 134 valence electrons. The van der Waals surface area contributed by atoms with E-state index in [2.05, 4.69) is 10.3 Å². The van der Waals surface area contributed by atoms with Crippen LogP contribution in [0.4, 0.5) is 11.4 Å². The minimum Gasteiger partial charge on any atom is -0.322 e. The van der Waals surface area contributed by atoms with Gasteiger partial charge in [0.25, 0.3) is 11.8 Å². The van der Waals surface area contributed by atoms with E-state index in [9.17, 15) is 9.59 Å². The lowest BCUT2D eigenvalue weighted by molar-refractivity contribution is 0.0983. The molecule has 4 rings (SSSR count). The lowest BCUT2D eigenvalue weighted by Crippen LogP contribution is -2.30. The molecule has 0 radical (unpaired) electrons. The third kappa shape index (κ3) is 3.31. The van der Waals surface area contributed by atoms with Crippen molar-refractivity contribution in [2.75, 3.05) is 16.8 Å². The van der Waals surface area contributed by atoms with Gasteiger partial charge in [-0.2, -0.15) is 0 Å². The monoisotopic (exact) mass is 375 g/mol. The van der Waals surface area contributed by atoms with Crippen LogP contribution in [-0.4, -0.2) is 23.3 Å². The van der Waals surface area contributed by atoms with Crippen molar-refractivity contribution in [3.63, 3.8) is 0 Å². The highest BCUT2D eigenvalue weighted by Gasteiger charge is 2.26. The van der Waals surface area contributed by atoms with Gasteiger partial charge in [-0.3, -0.25) is 14.6 Å². The highest BCUT2D eigenvalue weighted by molar-refractivity contribution is 7.99. The quantitative estimate of drug-likeness (QED) is 0.734. The molecule has 27 heavy (non-hydrogen) atoms. The Morgan fingerprint density at radius 2 is 1.85 bits per heavy atom. The fraction of sp³-hybridized carbons (Fsp3) is 0.0952. The average Bonchev–Trinajstić information content (AvgIpc) is 2.82. The number of amides is 2. The number of carbonyl (C=O) groups excluding carboxylic acids is 2. The molecule has 2 amide bonds. The Balaban J connectivity index is 1.70. The summed E-state index contributed by atoms with van der Waals surface area (Å²) in [5, 5.41) is 2.91. The summed E-state index contributed by atoms with van der Waals surface area (Å²) in [6.45, 7) is 2.53. The normalized spacial score (nSPS) is 12.8. The molecule has 6 heteroatoms. The number of hydrogen-bond donors (Lipinski definition) is 1. The number of carbonyl (C=O) groups is 2. The zero-order valence-corrected chi connectivity index (χ0v) is 15.5. The number of pyridine rings is 1. The van der Waals surface area contributed by atoms with Crippen LogP contribution in [0.25, 0.3) is 0 Å². The Labute approximate surface area is 161 Å². The summed E-state index contributed by atoms with van der Waals surface area (Å²) in [4.78, 5) is 32.9. The van der Waals surface area contributed by atoms with Crippen LogP contribution in [0.5, 0.6) is 0 Å². The maximum Gasteiger partial charge on any atom is 0.259 e. The van der Waals surface area contributed by atoms with E-state index in [0.717, 1.165) is 15.5 Å². The van der Waals surface area contributed by atoms with Crippen LogP contribution in [-0.2, 0) is 0 Å². The fourth-order valence-corrected chi connectivity index (χ4v) is 4.14. The number of hydrogen-bond acceptors (Lipinski definition) is 4. The van der Waals surface area contributed by atoms with Gasteiger partial charge in [-0.25, -0.2) is 0 Å². The molecule has 1 N–H and O–H groups in total. The van der Waals surface area contributed by atoms with Gasteiger partial charge >= 0.3 is 0 Å². The third-order valence-electron chi connectivity index (χ3n) is 4.35. The molecule has 0 bridgehead atoms. The number of fused-ring (bicyclic) bond motifs is 2. The van der Waals surface area contributed by atoms with E-state index in [1.165, 1.54) is 11.8 Å². The van der Waals surface area contributed by atoms with Gasteiger partial charge in [0.15, 0.2) is 0 Å². The third-order valence-corrected chi connectivity index (χ3v) is 5.47. The minimum atomic E-state index is -0.195. The van der Waals surface area contributed by atoms with Gasteiger partial charge in [-0.05, 0) is 49.4 Å². The van der Waals surface area contributed by atoms with Crippen LogP contribution in [0.2, 0.25) is 0 Å². The maximum atomic E-state index is 12.9. The Bertz CT molecular complexity index is 1020. The lowest BCUT2D eigenvalue weighted by Gasteiger charge is -2.21. The van der Waals surface area contributed by atoms with Gasteiger partial charge in [-0.15, -0.1) is 0 Å². The van der Waals surface area contributed by atoms with Crippen LogP contribution in [0.1, 0.15) is 27.6 Å². The fourth-order valence-electron chi connectivity index (χ4n) is 3.02. The largest absolute Gasteiger partial charge is 0.322 e. The van der Waals surface area contributed by atoms with Crippen LogP contribution < -0.4 is 10.2 Å². The summed E-state index contributed by atoms with van der Waals surface area (Å²) < 4.78 is 0. The second kappa shape index (κ2) is 7.25. The first-order chi connectivity index (χ1) is 13.2. The summed E-state index contributed by atoms with van der Waals surface area (Å²) in [7, 11) is 0. The molecule has 0 atom stereocenters. The number of nitrogens with one attached hydrogen (secondary N) is 1. The van der Waals surface area contributed by atoms with Crippen LogP contribution in [0.15, 0.2) is 76.8 Å². The molecule has 0 saturated carbocycles. The second-order valence-corrected chi connectivity index (χ2v) is 7.10. The SMILES string of the molecule is CCN1C(=O)c2ccccc2Sc2cc(NC(=O)c3ccncc3)ccc21. The Kier molecular flexibility index (Phi) is 4.64. The van der Waals surface area contributed by atoms with Crippen LogP contribution in [0, 0.1) is 0 Å². The smallest absolute Gasteiger partial charge is 0.259 e. The van der Waals surface area contributed by atoms with Crippen LogP contribution in [0.3, 0.4) is 0 Å². The molecule has 1 aromatic heterocycles. The predicted octanol–water partition coefficient (Wildman–Crippen LogP) is 4.47. The molecule has 0 unspecified atom stereocenters. The van der Waals surface area contributed by atoms with Gasteiger partial charge in [0.05, 0.1) is 11.3 Å². The molecule has 0 saturated heterocycles. The molecule has 0 fully saturated rings. The number of aromatic nitrogens is 1. The van der Waals surface area contributed by atoms with E-state index in [4.69, 9.17) is 0 Å². The molecule has 0 aliphatic carbocycles. The molecular weight excluding hydrogens is 358 g/mol. The van der Waals surface area contributed by atoms with Crippen molar-refractivity contribution in [2.45, 2.75) is 16.7 Å². The highest BCUT2D eigenvalue weighted by Crippen LogP contribution is 2.42. The van der Waals surface area contributed by atoms with E-state index in [-0.39, 0.29) is 11.8 Å². The van der Waals surface area contributed by atoms with E-state index < -0.39 is 0 Å². The zero-order valence-electron chi connectivity index (χ0n) is 14.7. The summed E-state index contributed by atoms with van der Waals surface area (Å²) in [5.41, 5.74) is 2.78. The summed E-state index contributed by atoms with van der Waals surface area (Å²) >= 11 is 1.54. The zero-order chi connectivity index (χ0) is 18.8. The molecule has 0 spiro atoms. The topological polar surface area (TPSA) is 62.3 Å². The molecule has 1 aliphatic heterocycles. The predicted molar refractivity (Wildman–Crippen MR) is 107 cm³/mol. The maximum absolute atomic E-state index is 12.9. The molecule has 2 heterocycles. The van der Waals surface area contributed by atoms with Gasteiger partial charge in [0.2, 0.25) is 0 Å². The van der Waals surface area contributed by atoms with Gasteiger partial charge < -0.3 is 10.2 Å². The average molecular weight is 375 g/mol. The van der Waals surface area contributed by atoms with E-state index in [1.54, 1.807) is 29.4 Å². The van der Waals surface area contributed by atoms with E-state index >= 15 is 0 Å². The van der Waals surface area contributed by atoms with E-state index in [1.807, 2.05) is 49.4 Å². The molecule has 2 aromatic carbocycles. The first kappa shape index (κ1) is 17.3. The van der Waals surface area contributed by atoms with Crippen molar-refractivity contribution in [1.82, 2.24) is 4.98 Å². The van der Waals surface area contributed by atoms with Crippen molar-refractivity contribution in [3.05, 3.63) is 78.1 Å². The summed E-state index contributed by atoms with van der Waals surface area (Å²) in [5.74, 6) is -0.201. The lowest BCUT2D eigenvalue weighted by atomic mass is 10.1.